The molecule has 2 atom stereocenters. The molecular weight excluding hydrogens is 428 g/mol. The molecule has 0 amide bonds. The fourth-order valence-corrected chi connectivity index (χ4v) is 4.84. The Morgan fingerprint density at radius 3 is 2.69 bits per heavy atom. The molecule has 0 saturated heterocycles. The number of esters is 1. The standard InChI is InChI=1S/C25H35ClN2O4/c1-3-4-9-23-27-24(26)22(17-29)28(23)16-18-10-12-20(13-11-18)32-15-14-19-7-5-6-8-21(19)25(30)31-2/h10-13,19,21,29H,3-9,14-17H2,1-2H3. The summed E-state index contributed by atoms with van der Waals surface area (Å²) in [6.45, 7) is 3.21. The number of benzene rings is 1. The van der Waals surface area contributed by atoms with Gasteiger partial charge >= 0.3 is 5.97 Å². The summed E-state index contributed by atoms with van der Waals surface area (Å²) in [5.41, 5.74) is 1.75. The third-order valence-electron chi connectivity index (χ3n) is 6.44. The van der Waals surface area contributed by atoms with E-state index in [-0.39, 0.29) is 18.5 Å². The van der Waals surface area contributed by atoms with Crippen molar-refractivity contribution in [1.29, 1.82) is 0 Å². The molecule has 6 nitrogen and oxygen atoms in total. The molecule has 1 saturated carbocycles. The molecule has 7 heteroatoms. The van der Waals surface area contributed by atoms with Crippen molar-refractivity contribution in [2.45, 2.75) is 71.4 Å². The first-order valence-corrected chi connectivity index (χ1v) is 12.1. The van der Waals surface area contributed by atoms with Crippen molar-refractivity contribution < 1.29 is 19.4 Å². The lowest BCUT2D eigenvalue weighted by atomic mass is 9.77. The number of aliphatic hydroxyl groups excluding tert-OH is 1. The van der Waals surface area contributed by atoms with Crippen LogP contribution in [0, 0.1) is 11.8 Å². The molecule has 1 aliphatic rings. The zero-order valence-corrected chi connectivity index (χ0v) is 19.9. The van der Waals surface area contributed by atoms with Gasteiger partial charge in [0.1, 0.15) is 11.6 Å². The predicted octanol–water partition coefficient (Wildman–Crippen LogP) is 5.17. The zero-order chi connectivity index (χ0) is 22.9. The number of hydrogen-bond donors (Lipinski definition) is 1. The first kappa shape index (κ1) is 24.6. The van der Waals surface area contributed by atoms with Gasteiger partial charge < -0.3 is 19.1 Å². The second-order valence-corrected chi connectivity index (χ2v) is 8.93. The monoisotopic (exact) mass is 462 g/mol. The zero-order valence-electron chi connectivity index (χ0n) is 19.2. The van der Waals surface area contributed by atoms with Crippen LogP contribution in [0.25, 0.3) is 0 Å². The molecule has 176 valence electrons. The molecule has 32 heavy (non-hydrogen) atoms. The summed E-state index contributed by atoms with van der Waals surface area (Å²) >= 11 is 6.24. The third kappa shape index (κ3) is 6.26. The summed E-state index contributed by atoms with van der Waals surface area (Å²) in [5.74, 6) is 1.98. The SMILES string of the molecule is CCCCc1nc(Cl)c(CO)n1Cc1ccc(OCCC2CCCCC2C(=O)OC)cc1. The van der Waals surface area contributed by atoms with E-state index >= 15 is 0 Å². The number of methoxy groups -OCH3 is 1. The van der Waals surface area contributed by atoms with Gasteiger partial charge in [-0.05, 0) is 49.3 Å². The van der Waals surface area contributed by atoms with E-state index in [1.165, 1.54) is 13.5 Å². The average Bonchev–Trinajstić information content (AvgIpc) is 3.12. The maximum absolute atomic E-state index is 12.0. The maximum atomic E-state index is 12.0. The Hall–Kier alpha value is -2.05. The Balaban J connectivity index is 1.57. The summed E-state index contributed by atoms with van der Waals surface area (Å²) in [4.78, 5) is 16.5. The van der Waals surface area contributed by atoms with E-state index < -0.39 is 0 Å². The lowest BCUT2D eigenvalue weighted by Gasteiger charge is -2.29. The highest BCUT2D eigenvalue weighted by Gasteiger charge is 2.31. The fourth-order valence-electron chi connectivity index (χ4n) is 4.59. The van der Waals surface area contributed by atoms with Crippen LogP contribution < -0.4 is 4.74 Å². The number of unbranched alkanes of at least 4 members (excludes halogenated alkanes) is 1. The number of aromatic nitrogens is 2. The minimum absolute atomic E-state index is 0.00403. The van der Waals surface area contributed by atoms with Crippen molar-refractivity contribution in [1.82, 2.24) is 9.55 Å². The van der Waals surface area contributed by atoms with Crippen molar-refractivity contribution in [3.8, 4) is 5.75 Å². The summed E-state index contributed by atoms with van der Waals surface area (Å²) in [6, 6.07) is 8.01. The molecule has 0 radical (unpaired) electrons. The van der Waals surface area contributed by atoms with Crippen LogP contribution >= 0.6 is 11.6 Å². The van der Waals surface area contributed by atoms with Gasteiger partial charge in [0.25, 0.3) is 0 Å². The van der Waals surface area contributed by atoms with Crippen LogP contribution in [-0.4, -0.2) is 34.3 Å². The number of aliphatic hydroxyl groups is 1. The number of hydrogen-bond acceptors (Lipinski definition) is 5. The van der Waals surface area contributed by atoms with Gasteiger partial charge in [-0.25, -0.2) is 4.98 Å². The summed E-state index contributed by atoms with van der Waals surface area (Å²) in [5, 5.41) is 10.1. The second-order valence-electron chi connectivity index (χ2n) is 8.57. The molecule has 3 rings (SSSR count). The van der Waals surface area contributed by atoms with Crippen LogP contribution in [0.1, 0.15) is 69.0 Å². The number of carbonyl (C=O) groups is 1. The Morgan fingerprint density at radius 1 is 1.25 bits per heavy atom. The van der Waals surface area contributed by atoms with Crippen molar-refractivity contribution in [3.05, 3.63) is 46.5 Å². The first-order chi connectivity index (χ1) is 15.6. The maximum Gasteiger partial charge on any atom is 0.308 e. The third-order valence-corrected chi connectivity index (χ3v) is 6.74. The number of carbonyl (C=O) groups excluding carboxylic acids is 1. The second kappa shape index (κ2) is 12.3. The molecule has 1 aromatic carbocycles. The van der Waals surface area contributed by atoms with Gasteiger partial charge in [-0.3, -0.25) is 4.79 Å². The molecule has 1 N–H and O–H groups in total. The highest BCUT2D eigenvalue weighted by Crippen LogP contribution is 2.33. The number of rotatable bonds is 11. The van der Waals surface area contributed by atoms with E-state index in [0.29, 0.717) is 29.9 Å². The molecule has 1 fully saturated rings. The molecule has 1 aliphatic carbocycles. The van der Waals surface area contributed by atoms with E-state index in [9.17, 15) is 9.90 Å². The van der Waals surface area contributed by atoms with Crippen molar-refractivity contribution in [3.63, 3.8) is 0 Å². The van der Waals surface area contributed by atoms with Crippen LogP contribution in [0.15, 0.2) is 24.3 Å². The highest BCUT2D eigenvalue weighted by molar-refractivity contribution is 6.30. The van der Waals surface area contributed by atoms with Crippen molar-refractivity contribution in [2.24, 2.45) is 11.8 Å². The van der Waals surface area contributed by atoms with E-state index in [2.05, 4.69) is 11.9 Å². The fraction of sp³-hybridized carbons (Fsp3) is 0.600. The molecule has 2 aromatic rings. The Kier molecular flexibility index (Phi) is 9.42. The number of aryl methyl sites for hydroxylation is 1. The van der Waals surface area contributed by atoms with E-state index in [1.807, 2.05) is 28.8 Å². The Morgan fingerprint density at radius 2 is 2.00 bits per heavy atom. The van der Waals surface area contributed by atoms with Gasteiger partial charge in [0.2, 0.25) is 0 Å². The van der Waals surface area contributed by atoms with Crippen LogP contribution in [-0.2, 0) is 29.1 Å². The van der Waals surface area contributed by atoms with Crippen LogP contribution in [0.3, 0.4) is 0 Å². The van der Waals surface area contributed by atoms with Crippen LogP contribution in [0.2, 0.25) is 5.15 Å². The molecule has 0 bridgehead atoms. The number of ether oxygens (including phenoxy) is 2. The Labute approximate surface area is 195 Å². The van der Waals surface area contributed by atoms with Gasteiger partial charge in [0, 0.05) is 13.0 Å². The van der Waals surface area contributed by atoms with E-state index in [0.717, 1.165) is 62.1 Å². The number of nitrogens with zero attached hydrogens (tertiary/aromatic N) is 2. The van der Waals surface area contributed by atoms with E-state index in [1.54, 1.807) is 0 Å². The van der Waals surface area contributed by atoms with Gasteiger partial charge in [0.15, 0.2) is 5.15 Å². The highest BCUT2D eigenvalue weighted by atomic mass is 35.5. The molecule has 1 aromatic heterocycles. The van der Waals surface area contributed by atoms with Crippen LogP contribution in [0.5, 0.6) is 5.75 Å². The first-order valence-electron chi connectivity index (χ1n) is 11.7. The average molecular weight is 463 g/mol. The molecule has 1 heterocycles. The van der Waals surface area contributed by atoms with Gasteiger partial charge in [0.05, 0.1) is 31.9 Å². The smallest absolute Gasteiger partial charge is 0.308 e. The number of halogens is 1. The van der Waals surface area contributed by atoms with Gasteiger partial charge in [-0.2, -0.15) is 0 Å². The topological polar surface area (TPSA) is 73.6 Å². The summed E-state index contributed by atoms with van der Waals surface area (Å²) in [7, 11) is 1.47. The Bertz CT molecular complexity index is 866. The predicted molar refractivity (Wildman–Crippen MR) is 125 cm³/mol. The minimum Gasteiger partial charge on any atom is -0.494 e. The quantitative estimate of drug-likeness (QED) is 0.466. The number of imidazole rings is 1. The molecule has 2 unspecified atom stereocenters. The van der Waals surface area contributed by atoms with E-state index in [4.69, 9.17) is 21.1 Å². The van der Waals surface area contributed by atoms with Crippen molar-refractivity contribution in [2.75, 3.05) is 13.7 Å². The molecule has 0 spiro atoms. The van der Waals surface area contributed by atoms with Crippen molar-refractivity contribution >= 4 is 17.6 Å². The minimum atomic E-state index is -0.132. The van der Waals surface area contributed by atoms with Gasteiger partial charge in [-0.1, -0.05) is 49.9 Å². The lowest BCUT2D eigenvalue weighted by Crippen LogP contribution is -2.29. The largest absolute Gasteiger partial charge is 0.494 e. The summed E-state index contributed by atoms with van der Waals surface area (Å²) < 4.78 is 13.0. The lowest BCUT2D eigenvalue weighted by molar-refractivity contribution is -0.148. The summed E-state index contributed by atoms with van der Waals surface area (Å²) in [6.07, 6.45) is 8.04. The molecular formula is C25H35ClN2O4. The molecule has 0 aliphatic heterocycles. The normalized spacial score (nSPS) is 18.5. The van der Waals surface area contributed by atoms with Gasteiger partial charge in [-0.15, -0.1) is 0 Å². The van der Waals surface area contributed by atoms with Crippen LogP contribution in [0.4, 0.5) is 0 Å².